The smallest absolute Gasteiger partial charge is 0.246 e. The largest absolute Gasteiger partial charge is 0.375 e. The van der Waals surface area contributed by atoms with Crippen molar-refractivity contribution in [2.45, 2.75) is 190 Å². The van der Waals surface area contributed by atoms with Gasteiger partial charge in [-0.15, -0.1) is 23.5 Å². The van der Waals surface area contributed by atoms with Crippen molar-refractivity contribution in [3.8, 4) is 0 Å². The van der Waals surface area contributed by atoms with E-state index in [1.165, 1.54) is 5.56 Å². The van der Waals surface area contributed by atoms with Gasteiger partial charge < -0.3 is 51.2 Å². The van der Waals surface area contributed by atoms with Crippen molar-refractivity contribution in [3.05, 3.63) is 70.8 Å². The van der Waals surface area contributed by atoms with Crippen molar-refractivity contribution in [2.75, 3.05) is 38.8 Å². The maximum absolute atomic E-state index is 14.6. The lowest BCUT2D eigenvalue weighted by Crippen LogP contribution is -2.58. The van der Waals surface area contributed by atoms with E-state index in [0.29, 0.717) is 56.1 Å². The van der Waals surface area contributed by atoms with Gasteiger partial charge in [0.1, 0.15) is 24.2 Å². The molecular weight excluding hydrogens is 993 g/mol. The molecule has 0 unspecified atom stereocenters. The number of ether oxygens (including phenoxy) is 2. The summed E-state index contributed by atoms with van der Waals surface area (Å²) in [7, 11) is 3.56. The zero-order valence-corrected chi connectivity index (χ0v) is 47.3. The number of thiocarbonyl (C=S) groups is 1. The Hall–Kier alpha value is -3.78. The summed E-state index contributed by atoms with van der Waals surface area (Å²) in [6, 6.07) is 12.8. The number of hydrogen-bond acceptors (Lipinski definition) is 12. The summed E-state index contributed by atoms with van der Waals surface area (Å²) in [5, 5.41) is 19.0. The number of unbranched alkanes of at least 4 members (excludes halogenated alkanes) is 5. The van der Waals surface area contributed by atoms with Crippen LogP contribution in [0.4, 0.5) is 0 Å². The zero-order chi connectivity index (χ0) is 52.9. The second kappa shape index (κ2) is 24.7. The van der Waals surface area contributed by atoms with Gasteiger partial charge in [-0.3, -0.25) is 24.0 Å². The van der Waals surface area contributed by atoms with Gasteiger partial charge in [-0.2, -0.15) is 0 Å². The number of nitrogens with zero attached hydrogens (tertiary/aromatic N) is 2. The molecule has 2 aliphatic carbocycles. The average Bonchev–Trinajstić information content (AvgIpc) is 4.02. The van der Waals surface area contributed by atoms with Gasteiger partial charge in [0.05, 0.1) is 52.1 Å². The van der Waals surface area contributed by atoms with Crippen LogP contribution >= 0.6 is 35.7 Å². The van der Waals surface area contributed by atoms with E-state index in [2.05, 4.69) is 83.9 Å². The maximum atomic E-state index is 14.6. The second-order valence-corrected chi connectivity index (χ2v) is 25.8. The van der Waals surface area contributed by atoms with E-state index >= 15 is 0 Å². The molecule has 4 aliphatic heterocycles. The van der Waals surface area contributed by atoms with Gasteiger partial charge >= 0.3 is 0 Å². The summed E-state index contributed by atoms with van der Waals surface area (Å²) < 4.78 is 13.2. The van der Waals surface area contributed by atoms with Crippen molar-refractivity contribution in [2.24, 2.45) is 10.8 Å². The molecule has 0 aromatic heterocycles. The number of likely N-dealkylation sites (N-methyl/N-ethyl adjacent to an activating group) is 2. The van der Waals surface area contributed by atoms with Crippen LogP contribution in [0, 0.1) is 10.8 Å². The Morgan fingerprint density at radius 1 is 0.635 bits per heavy atom. The Morgan fingerprint density at radius 2 is 1.05 bits per heavy atom. The Balaban J connectivity index is 0.796. The number of carbonyl (C=O) groups is 5. The van der Waals surface area contributed by atoms with Crippen LogP contribution in [0.3, 0.4) is 0 Å². The normalized spacial score (nSPS) is 29.5. The third kappa shape index (κ3) is 12.5. The van der Waals surface area contributed by atoms with Gasteiger partial charge in [-0.1, -0.05) is 114 Å². The van der Waals surface area contributed by atoms with E-state index in [-0.39, 0.29) is 70.6 Å². The molecule has 6 N–H and O–H groups in total. The molecule has 5 amide bonds. The number of benzene rings is 2. The SMILES string of the molecule is CN[C@@H](C)C(=O)N[C@H]1CCS[C@H]2CC(C)(C)[C@@H](C(=O)N[C@H]3c4ccccc4C[C@H]3OCCCCCCCCO[C@@H]3Cc4ccccc4[C@@H]3NC(=O)[C@H]3N4C(=O)[C@@H](NC(=S)[C@H](C)NC)CCS[C@H]4CC3(C)C)N2C1=O. The minimum atomic E-state index is -0.688. The molecule has 74 heavy (non-hydrogen) atoms. The molecule has 0 radical (unpaired) electrons. The molecule has 406 valence electrons. The lowest BCUT2D eigenvalue weighted by molar-refractivity contribution is -0.144. The highest BCUT2D eigenvalue weighted by Gasteiger charge is 2.57. The van der Waals surface area contributed by atoms with E-state index in [9.17, 15) is 24.0 Å². The summed E-state index contributed by atoms with van der Waals surface area (Å²) in [6.45, 7) is 13.2. The Kier molecular flexibility index (Phi) is 18.8. The molecule has 12 atom stereocenters. The number of nitrogens with one attached hydrogen (secondary N) is 6. The topological polar surface area (TPSA) is 182 Å². The molecule has 18 heteroatoms. The van der Waals surface area contributed by atoms with Gasteiger partial charge in [0, 0.05) is 26.1 Å². The van der Waals surface area contributed by atoms with E-state index in [1.54, 1.807) is 42.4 Å². The number of rotatable bonds is 21. The van der Waals surface area contributed by atoms with Crippen molar-refractivity contribution >= 4 is 70.3 Å². The first kappa shape index (κ1) is 56.4. The lowest BCUT2D eigenvalue weighted by Gasteiger charge is -2.35. The van der Waals surface area contributed by atoms with Crippen LogP contribution in [-0.2, 0) is 46.3 Å². The van der Waals surface area contributed by atoms with Gasteiger partial charge in [-0.05, 0) is 111 Å². The van der Waals surface area contributed by atoms with Crippen LogP contribution in [0.2, 0.25) is 0 Å². The van der Waals surface area contributed by atoms with Crippen molar-refractivity contribution in [1.29, 1.82) is 0 Å². The molecule has 2 aromatic rings. The van der Waals surface area contributed by atoms with Crippen LogP contribution < -0.4 is 31.9 Å². The average molecular weight is 1080 g/mol. The summed E-state index contributed by atoms with van der Waals surface area (Å²) >= 11 is 9.09. The molecule has 15 nitrogen and oxygen atoms in total. The summed E-state index contributed by atoms with van der Waals surface area (Å²) in [4.78, 5) is 74.7. The van der Waals surface area contributed by atoms with Crippen LogP contribution in [0.5, 0.6) is 0 Å². The fourth-order valence-corrected chi connectivity index (χ4v) is 15.6. The third-order valence-corrected chi connectivity index (χ3v) is 19.5. The fraction of sp³-hybridized carbons (Fsp3) is 0.679. The second-order valence-electron chi connectivity index (χ2n) is 22.8. The molecule has 0 bridgehead atoms. The molecule has 4 fully saturated rings. The summed E-state index contributed by atoms with van der Waals surface area (Å²) in [6.07, 6.45) is 9.59. The van der Waals surface area contributed by atoms with E-state index in [4.69, 9.17) is 21.7 Å². The minimum absolute atomic E-state index is 0.0632. The maximum Gasteiger partial charge on any atom is 0.246 e. The molecule has 8 rings (SSSR count). The molecular formula is C56H82N8O7S3. The highest BCUT2D eigenvalue weighted by Crippen LogP contribution is 2.48. The third-order valence-electron chi connectivity index (χ3n) is 16.5. The van der Waals surface area contributed by atoms with Crippen molar-refractivity contribution in [1.82, 2.24) is 41.7 Å². The summed E-state index contributed by atoms with van der Waals surface area (Å²) in [5.41, 5.74) is 3.58. The molecule has 2 aromatic carbocycles. The predicted octanol–water partition coefficient (Wildman–Crippen LogP) is 6.09. The van der Waals surface area contributed by atoms with Crippen LogP contribution in [-0.4, -0.2) is 142 Å². The molecule has 0 spiro atoms. The van der Waals surface area contributed by atoms with Crippen LogP contribution in [0.25, 0.3) is 0 Å². The van der Waals surface area contributed by atoms with Crippen LogP contribution in [0.15, 0.2) is 48.5 Å². The Bertz CT molecular complexity index is 2200. The number of carbonyl (C=O) groups excluding carboxylic acids is 5. The number of hydrogen-bond donors (Lipinski definition) is 6. The van der Waals surface area contributed by atoms with E-state index in [0.717, 1.165) is 67.4 Å². The minimum Gasteiger partial charge on any atom is -0.375 e. The fourth-order valence-electron chi connectivity index (χ4n) is 12.2. The predicted molar refractivity (Wildman–Crippen MR) is 298 cm³/mol. The van der Waals surface area contributed by atoms with Gasteiger partial charge in [0.2, 0.25) is 29.5 Å². The monoisotopic (exact) mass is 1070 g/mol. The van der Waals surface area contributed by atoms with Crippen molar-refractivity contribution < 1.29 is 33.4 Å². The quantitative estimate of drug-likeness (QED) is 0.0625. The number of fused-ring (bicyclic) bond motifs is 4. The highest BCUT2D eigenvalue weighted by molar-refractivity contribution is 8.00. The Labute approximate surface area is 453 Å². The van der Waals surface area contributed by atoms with Crippen molar-refractivity contribution in [3.63, 3.8) is 0 Å². The molecule has 4 heterocycles. The molecule has 4 saturated heterocycles. The lowest BCUT2D eigenvalue weighted by atomic mass is 9.83. The van der Waals surface area contributed by atoms with E-state index < -0.39 is 41.0 Å². The first-order chi connectivity index (χ1) is 35.4. The Morgan fingerprint density at radius 3 is 1.50 bits per heavy atom. The summed E-state index contributed by atoms with van der Waals surface area (Å²) in [5.74, 6) is 0.718. The standard InChI is InChI=1S/C56H82N8O7S3/c1-33(57-7)49(65)59-39-23-27-73-43-31-55(3,4)47(63(43)53(39)68)50(66)61-45-37-21-15-13-19-35(37)29-41(45)70-25-17-11-9-10-12-18-26-71-42-30-36-20-14-16-22-38(36)46(42)62-51(67)48-56(5,6)32-44-64(48)54(69)40(24-28-74-44)60-52(72)34(2)58-8/h13-16,19-22,33-34,39-48,57-58H,9-12,17-18,23-32H2,1-8H3,(H,59,65)(H,60,72)(H,61,66)(H,62,67)/t33-,34-,39-,40-,41+,42+,43-,44-,45-,46-,47+,48+/m0/s1. The van der Waals surface area contributed by atoms with E-state index in [1.807, 2.05) is 43.1 Å². The number of thioether (sulfide) groups is 2. The zero-order valence-electron chi connectivity index (χ0n) is 44.8. The van der Waals surface area contributed by atoms with Crippen LogP contribution in [0.1, 0.15) is 140 Å². The molecule has 6 aliphatic rings. The highest BCUT2D eigenvalue weighted by atomic mass is 32.2. The van der Waals surface area contributed by atoms with Gasteiger partial charge in [0.15, 0.2) is 0 Å². The first-order valence-electron chi connectivity index (χ1n) is 27.3. The first-order valence-corrected chi connectivity index (χ1v) is 29.8. The van der Waals surface area contributed by atoms with Gasteiger partial charge in [-0.25, -0.2) is 0 Å². The number of amides is 5. The van der Waals surface area contributed by atoms with Gasteiger partial charge in [0.25, 0.3) is 0 Å². The molecule has 0 saturated carbocycles.